The predicted octanol–water partition coefficient (Wildman–Crippen LogP) is 3.56. The normalized spacial score (nSPS) is 10.7. The average molecular weight is 298 g/mol. The van der Waals surface area contributed by atoms with Crippen molar-refractivity contribution in [3.8, 4) is 28.4 Å². The Hall–Kier alpha value is -2.69. The van der Waals surface area contributed by atoms with E-state index in [0.29, 0.717) is 17.2 Å². The van der Waals surface area contributed by atoms with Crippen LogP contribution in [0.15, 0.2) is 30.3 Å². The summed E-state index contributed by atoms with van der Waals surface area (Å²) >= 11 is 0. The van der Waals surface area contributed by atoms with Crippen LogP contribution in [0.3, 0.4) is 0 Å². The van der Waals surface area contributed by atoms with E-state index in [2.05, 4.69) is 9.97 Å². The zero-order valence-corrected chi connectivity index (χ0v) is 13.1. The number of hydrogen-bond acceptors (Lipinski definition) is 4. The van der Waals surface area contributed by atoms with Crippen LogP contribution >= 0.6 is 0 Å². The van der Waals surface area contributed by atoms with Gasteiger partial charge in [0.15, 0.2) is 11.5 Å². The second-order valence-electron chi connectivity index (χ2n) is 4.94. The summed E-state index contributed by atoms with van der Waals surface area (Å²) < 4.78 is 16.2. The van der Waals surface area contributed by atoms with Crippen LogP contribution in [-0.2, 0) is 0 Å². The molecule has 1 heterocycles. The van der Waals surface area contributed by atoms with Crippen molar-refractivity contribution in [2.75, 3.05) is 21.3 Å². The molecule has 1 aromatic heterocycles. The molecule has 2 aromatic carbocycles. The summed E-state index contributed by atoms with van der Waals surface area (Å²) in [6, 6.07) is 9.90. The fourth-order valence-corrected chi connectivity index (χ4v) is 2.62. The second-order valence-corrected chi connectivity index (χ2v) is 4.94. The number of aryl methyl sites for hydroxylation is 1. The van der Waals surface area contributed by atoms with Gasteiger partial charge in [0.1, 0.15) is 5.82 Å². The molecule has 22 heavy (non-hydrogen) atoms. The molecule has 0 amide bonds. The van der Waals surface area contributed by atoms with Gasteiger partial charge in [0.25, 0.3) is 0 Å². The molecule has 3 aromatic rings. The Morgan fingerprint density at radius 1 is 0.955 bits per heavy atom. The molecule has 0 radical (unpaired) electrons. The zero-order chi connectivity index (χ0) is 15.7. The number of nitrogens with one attached hydrogen (secondary N) is 1. The SMILES string of the molecule is COc1cc(-c2cccc3[nH]c(C)nc23)cc(OC)c1OC. The van der Waals surface area contributed by atoms with Gasteiger partial charge in [-0.2, -0.15) is 0 Å². The van der Waals surface area contributed by atoms with Crippen LogP contribution in [0.5, 0.6) is 17.2 Å². The Morgan fingerprint density at radius 3 is 2.23 bits per heavy atom. The molecule has 0 aliphatic carbocycles. The fourth-order valence-electron chi connectivity index (χ4n) is 2.62. The fraction of sp³-hybridized carbons (Fsp3) is 0.235. The number of ether oxygens (including phenoxy) is 3. The van der Waals surface area contributed by atoms with Crippen LogP contribution in [0, 0.1) is 6.92 Å². The summed E-state index contributed by atoms with van der Waals surface area (Å²) in [5.74, 6) is 2.72. The number of benzene rings is 2. The highest BCUT2D eigenvalue weighted by Gasteiger charge is 2.16. The van der Waals surface area contributed by atoms with Gasteiger partial charge in [-0.1, -0.05) is 12.1 Å². The van der Waals surface area contributed by atoms with Crippen LogP contribution in [0.25, 0.3) is 22.2 Å². The summed E-state index contributed by atoms with van der Waals surface area (Å²) in [6.45, 7) is 1.94. The van der Waals surface area contributed by atoms with Crippen molar-refractivity contribution in [1.29, 1.82) is 0 Å². The lowest BCUT2D eigenvalue weighted by molar-refractivity contribution is 0.324. The molecule has 0 aliphatic rings. The van der Waals surface area contributed by atoms with Gasteiger partial charge >= 0.3 is 0 Å². The van der Waals surface area contributed by atoms with Crippen molar-refractivity contribution in [2.45, 2.75) is 6.92 Å². The third kappa shape index (κ3) is 2.24. The third-order valence-electron chi connectivity index (χ3n) is 3.61. The number of imidazole rings is 1. The molecule has 0 fully saturated rings. The molecule has 0 bridgehead atoms. The maximum absolute atomic E-state index is 5.42. The lowest BCUT2D eigenvalue weighted by Gasteiger charge is -2.14. The molecule has 114 valence electrons. The van der Waals surface area contributed by atoms with Crippen LogP contribution in [0.2, 0.25) is 0 Å². The van der Waals surface area contributed by atoms with E-state index >= 15 is 0 Å². The highest BCUT2D eigenvalue weighted by molar-refractivity contribution is 5.93. The Balaban J connectivity index is 2.26. The number of aromatic nitrogens is 2. The molecule has 0 aliphatic heterocycles. The minimum Gasteiger partial charge on any atom is -0.493 e. The van der Waals surface area contributed by atoms with Crippen molar-refractivity contribution >= 4 is 11.0 Å². The number of nitrogens with zero attached hydrogens (tertiary/aromatic N) is 1. The molecule has 0 atom stereocenters. The number of fused-ring (bicyclic) bond motifs is 1. The molecule has 0 saturated carbocycles. The summed E-state index contributed by atoms with van der Waals surface area (Å²) in [5.41, 5.74) is 3.91. The third-order valence-corrected chi connectivity index (χ3v) is 3.61. The van der Waals surface area contributed by atoms with Crippen molar-refractivity contribution < 1.29 is 14.2 Å². The minimum atomic E-state index is 0.583. The van der Waals surface area contributed by atoms with Gasteiger partial charge in [-0.15, -0.1) is 0 Å². The predicted molar refractivity (Wildman–Crippen MR) is 85.9 cm³/mol. The second kappa shape index (κ2) is 5.60. The van der Waals surface area contributed by atoms with Gasteiger partial charge in [-0.3, -0.25) is 0 Å². The van der Waals surface area contributed by atoms with Gasteiger partial charge in [-0.25, -0.2) is 4.98 Å². The van der Waals surface area contributed by atoms with Crippen LogP contribution in [-0.4, -0.2) is 31.3 Å². The van der Waals surface area contributed by atoms with Crippen molar-refractivity contribution in [2.24, 2.45) is 0 Å². The number of H-pyrrole nitrogens is 1. The standard InChI is InChI=1S/C17H18N2O3/c1-10-18-13-7-5-6-12(16(13)19-10)11-8-14(20-2)17(22-4)15(9-11)21-3/h5-9H,1-4H3,(H,18,19). The van der Waals surface area contributed by atoms with E-state index < -0.39 is 0 Å². The van der Waals surface area contributed by atoms with Crippen LogP contribution < -0.4 is 14.2 Å². The highest BCUT2D eigenvalue weighted by atomic mass is 16.5. The Bertz CT molecular complexity index is 799. The van der Waals surface area contributed by atoms with Crippen LogP contribution in [0.4, 0.5) is 0 Å². The van der Waals surface area contributed by atoms with E-state index in [1.807, 2.05) is 37.3 Å². The number of methoxy groups -OCH3 is 3. The van der Waals surface area contributed by atoms with Crippen molar-refractivity contribution in [3.05, 3.63) is 36.2 Å². The molecule has 0 saturated heterocycles. The lowest BCUT2D eigenvalue weighted by atomic mass is 10.0. The topological polar surface area (TPSA) is 56.4 Å². The van der Waals surface area contributed by atoms with E-state index in [-0.39, 0.29) is 0 Å². The molecular weight excluding hydrogens is 280 g/mol. The molecule has 0 spiro atoms. The first kappa shape index (κ1) is 14.3. The van der Waals surface area contributed by atoms with E-state index in [9.17, 15) is 0 Å². The van der Waals surface area contributed by atoms with Gasteiger partial charge in [0.05, 0.1) is 32.4 Å². The Morgan fingerprint density at radius 2 is 1.64 bits per heavy atom. The van der Waals surface area contributed by atoms with E-state index in [0.717, 1.165) is 28.0 Å². The lowest BCUT2D eigenvalue weighted by Crippen LogP contribution is -1.96. The van der Waals surface area contributed by atoms with Gasteiger partial charge in [0.2, 0.25) is 5.75 Å². The number of rotatable bonds is 4. The van der Waals surface area contributed by atoms with E-state index in [4.69, 9.17) is 14.2 Å². The molecule has 3 rings (SSSR count). The Labute approximate surface area is 128 Å². The maximum atomic E-state index is 5.42. The molecule has 0 unspecified atom stereocenters. The summed E-state index contributed by atoms with van der Waals surface area (Å²) in [4.78, 5) is 7.82. The van der Waals surface area contributed by atoms with Crippen molar-refractivity contribution in [1.82, 2.24) is 9.97 Å². The van der Waals surface area contributed by atoms with Gasteiger partial charge < -0.3 is 19.2 Å². The molecule has 1 N–H and O–H groups in total. The molecule has 5 nitrogen and oxygen atoms in total. The highest BCUT2D eigenvalue weighted by Crippen LogP contribution is 2.42. The minimum absolute atomic E-state index is 0.583. The number of hydrogen-bond donors (Lipinski definition) is 1. The first-order valence-corrected chi connectivity index (χ1v) is 6.93. The Kier molecular flexibility index (Phi) is 3.63. The van der Waals surface area contributed by atoms with Crippen LogP contribution in [0.1, 0.15) is 5.82 Å². The van der Waals surface area contributed by atoms with E-state index in [1.54, 1.807) is 21.3 Å². The zero-order valence-electron chi connectivity index (χ0n) is 13.1. The monoisotopic (exact) mass is 298 g/mol. The van der Waals surface area contributed by atoms with Gasteiger partial charge in [-0.05, 0) is 30.7 Å². The quantitative estimate of drug-likeness (QED) is 0.800. The first-order valence-electron chi connectivity index (χ1n) is 6.93. The smallest absolute Gasteiger partial charge is 0.203 e. The maximum Gasteiger partial charge on any atom is 0.203 e. The molecular formula is C17H18N2O3. The first-order chi connectivity index (χ1) is 10.7. The number of para-hydroxylation sites is 1. The summed E-state index contributed by atoms with van der Waals surface area (Å²) in [5, 5.41) is 0. The molecule has 5 heteroatoms. The van der Waals surface area contributed by atoms with Crippen molar-refractivity contribution in [3.63, 3.8) is 0 Å². The number of aromatic amines is 1. The summed E-state index contributed by atoms with van der Waals surface area (Å²) in [6.07, 6.45) is 0. The van der Waals surface area contributed by atoms with Gasteiger partial charge in [0, 0.05) is 5.56 Å². The largest absolute Gasteiger partial charge is 0.493 e. The van der Waals surface area contributed by atoms with E-state index in [1.165, 1.54) is 0 Å². The summed E-state index contributed by atoms with van der Waals surface area (Å²) in [7, 11) is 4.82. The average Bonchev–Trinajstić information content (AvgIpc) is 2.93.